The molecule has 0 bridgehead atoms. The maximum absolute atomic E-state index is 4.61. The summed E-state index contributed by atoms with van der Waals surface area (Å²) < 4.78 is 0. The second-order valence-electron chi connectivity index (χ2n) is 4.65. The highest BCUT2D eigenvalue weighted by molar-refractivity contribution is 5.60. The Morgan fingerprint density at radius 1 is 0.750 bits per heavy atom. The maximum atomic E-state index is 4.61. The largest absolute Gasteiger partial charge is 0.255 e. The van der Waals surface area contributed by atoms with Gasteiger partial charge < -0.3 is 0 Å². The molecule has 0 fully saturated rings. The van der Waals surface area contributed by atoms with Crippen LogP contribution >= 0.6 is 0 Å². The summed E-state index contributed by atoms with van der Waals surface area (Å²) >= 11 is 0. The SMILES string of the molecule is Cc1ccnc(-c2cccc(-c3nccc(C)n3)n2)c1. The highest BCUT2D eigenvalue weighted by Crippen LogP contribution is 2.19. The molecule has 0 spiro atoms. The number of rotatable bonds is 2. The van der Waals surface area contributed by atoms with Crippen molar-refractivity contribution >= 4 is 0 Å². The van der Waals surface area contributed by atoms with E-state index in [-0.39, 0.29) is 0 Å². The average molecular weight is 262 g/mol. The smallest absolute Gasteiger partial charge is 0.178 e. The van der Waals surface area contributed by atoms with Crippen molar-refractivity contribution in [3.8, 4) is 22.9 Å². The van der Waals surface area contributed by atoms with E-state index in [0.717, 1.165) is 28.3 Å². The summed E-state index contributed by atoms with van der Waals surface area (Å²) in [6, 6.07) is 11.7. The third kappa shape index (κ3) is 2.54. The second-order valence-corrected chi connectivity index (χ2v) is 4.65. The minimum Gasteiger partial charge on any atom is -0.255 e. The van der Waals surface area contributed by atoms with Crippen LogP contribution in [0, 0.1) is 13.8 Å². The van der Waals surface area contributed by atoms with E-state index in [0.29, 0.717) is 5.82 Å². The van der Waals surface area contributed by atoms with Crippen molar-refractivity contribution in [3.63, 3.8) is 0 Å². The molecule has 4 nitrogen and oxygen atoms in total. The van der Waals surface area contributed by atoms with Gasteiger partial charge in [-0.1, -0.05) is 6.07 Å². The van der Waals surface area contributed by atoms with Crippen molar-refractivity contribution in [2.45, 2.75) is 13.8 Å². The van der Waals surface area contributed by atoms with Gasteiger partial charge in [-0.25, -0.2) is 15.0 Å². The van der Waals surface area contributed by atoms with E-state index in [2.05, 4.69) is 19.9 Å². The van der Waals surface area contributed by atoms with Gasteiger partial charge in [0, 0.05) is 18.1 Å². The average Bonchev–Trinajstić information content (AvgIpc) is 2.47. The molecule has 0 aliphatic carbocycles. The topological polar surface area (TPSA) is 51.6 Å². The molecule has 0 saturated heterocycles. The Balaban J connectivity index is 2.06. The van der Waals surface area contributed by atoms with Gasteiger partial charge in [-0.15, -0.1) is 0 Å². The van der Waals surface area contributed by atoms with Crippen LogP contribution in [0.15, 0.2) is 48.8 Å². The van der Waals surface area contributed by atoms with Gasteiger partial charge in [0.05, 0.1) is 11.4 Å². The van der Waals surface area contributed by atoms with Crippen molar-refractivity contribution in [3.05, 3.63) is 60.0 Å². The van der Waals surface area contributed by atoms with Gasteiger partial charge >= 0.3 is 0 Å². The summed E-state index contributed by atoms with van der Waals surface area (Å²) in [5.74, 6) is 0.638. The van der Waals surface area contributed by atoms with Gasteiger partial charge in [-0.3, -0.25) is 4.98 Å². The summed E-state index contributed by atoms with van der Waals surface area (Å²) in [4.78, 5) is 17.6. The summed E-state index contributed by atoms with van der Waals surface area (Å²) in [5.41, 5.74) is 4.54. The minimum absolute atomic E-state index is 0.638. The normalized spacial score (nSPS) is 10.5. The van der Waals surface area contributed by atoms with Crippen LogP contribution < -0.4 is 0 Å². The van der Waals surface area contributed by atoms with Crippen LogP contribution in [0.1, 0.15) is 11.3 Å². The van der Waals surface area contributed by atoms with Crippen LogP contribution in [0.4, 0.5) is 0 Å². The lowest BCUT2D eigenvalue weighted by molar-refractivity contribution is 1.09. The Morgan fingerprint density at radius 2 is 1.55 bits per heavy atom. The van der Waals surface area contributed by atoms with Crippen LogP contribution in [-0.4, -0.2) is 19.9 Å². The predicted octanol–water partition coefficient (Wildman–Crippen LogP) is 3.22. The zero-order chi connectivity index (χ0) is 13.9. The zero-order valence-electron chi connectivity index (χ0n) is 11.4. The summed E-state index contributed by atoms with van der Waals surface area (Å²) in [6.07, 6.45) is 3.54. The first-order valence-electron chi connectivity index (χ1n) is 6.42. The predicted molar refractivity (Wildman–Crippen MR) is 78.0 cm³/mol. The number of hydrogen-bond acceptors (Lipinski definition) is 4. The zero-order valence-corrected chi connectivity index (χ0v) is 11.4. The molecule has 3 aromatic heterocycles. The van der Waals surface area contributed by atoms with Gasteiger partial charge in [0.15, 0.2) is 5.82 Å². The summed E-state index contributed by atoms with van der Waals surface area (Å²) in [6.45, 7) is 3.98. The van der Waals surface area contributed by atoms with E-state index in [1.165, 1.54) is 0 Å². The van der Waals surface area contributed by atoms with E-state index in [9.17, 15) is 0 Å². The van der Waals surface area contributed by atoms with Crippen LogP contribution in [0.3, 0.4) is 0 Å². The standard InChI is InChI=1S/C16H14N4/c1-11-6-8-17-15(10-11)13-4-3-5-14(20-13)16-18-9-7-12(2)19-16/h3-10H,1-2H3. The van der Waals surface area contributed by atoms with E-state index in [1.54, 1.807) is 12.4 Å². The number of hydrogen-bond donors (Lipinski definition) is 0. The van der Waals surface area contributed by atoms with Crippen LogP contribution in [0.2, 0.25) is 0 Å². The van der Waals surface area contributed by atoms with Gasteiger partial charge in [0.1, 0.15) is 5.69 Å². The second kappa shape index (κ2) is 5.17. The fourth-order valence-corrected chi connectivity index (χ4v) is 1.95. The fourth-order valence-electron chi connectivity index (χ4n) is 1.95. The molecule has 4 heteroatoms. The Hall–Kier alpha value is -2.62. The van der Waals surface area contributed by atoms with Crippen molar-refractivity contribution in [1.82, 2.24) is 19.9 Å². The fraction of sp³-hybridized carbons (Fsp3) is 0.125. The molecular formula is C16H14N4. The molecule has 0 aromatic carbocycles. The molecule has 3 rings (SSSR count). The van der Waals surface area contributed by atoms with E-state index in [1.807, 2.05) is 50.2 Å². The molecule has 3 aromatic rings. The Morgan fingerprint density at radius 3 is 2.35 bits per heavy atom. The Labute approximate surface area is 117 Å². The van der Waals surface area contributed by atoms with Crippen molar-refractivity contribution < 1.29 is 0 Å². The number of aryl methyl sites for hydroxylation is 2. The third-order valence-electron chi connectivity index (χ3n) is 2.95. The first-order chi connectivity index (χ1) is 9.72. The summed E-state index contributed by atoms with van der Waals surface area (Å²) in [5, 5.41) is 0. The molecule has 0 aliphatic heterocycles. The molecule has 20 heavy (non-hydrogen) atoms. The molecular weight excluding hydrogens is 248 g/mol. The molecule has 0 radical (unpaired) electrons. The number of pyridine rings is 2. The lowest BCUT2D eigenvalue weighted by Gasteiger charge is -2.04. The molecule has 0 aliphatic rings. The van der Waals surface area contributed by atoms with E-state index >= 15 is 0 Å². The van der Waals surface area contributed by atoms with E-state index in [4.69, 9.17) is 0 Å². The van der Waals surface area contributed by atoms with Gasteiger partial charge in [0.2, 0.25) is 0 Å². The lowest BCUT2D eigenvalue weighted by Crippen LogP contribution is -1.95. The monoisotopic (exact) mass is 262 g/mol. The Bertz CT molecular complexity index is 692. The van der Waals surface area contributed by atoms with Crippen LogP contribution in [-0.2, 0) is 0 Å². The lowest BCUT2D eigenvalue weighted by atomic mass is 10.2. The van der Waals surface area contributed by atoms with Crippen LogP contribution in [0.25, 0.3) is 22.9 Å². The van der Waals surface area contributed by atoms with Crippen molar-refractivity contribution in [1.29, 1.82) is 0 Å². The van der Waals surface area contributed by atoms with Gasteiger partial charge in [-0.05, 0) is 49.7 Å². The van der Waals surface area contributed by atoms with Crippen LogP contribution in [0.5, 0.6) is 0 Å². The van der Waals surface area contributed by atoms with Gasteiger partial charge in [0.25, 0.3) is 0 Å². The molecule has 0 atom stereocenters. The van der Waals surface area contributed by atoms with Crippen molar-refractivity contribution in [2.24, 2.45) is 0 Å². The minimum atomic E-state index is 0.638. The third-order valence-corrected chi connectivity index (χ3v) is 2.95. The molecule has 98 valence electrons. The quantitative estimate of drug-likeness (QED) is 0.711. The van der Waals surface area contributed by atoms with E-state index < -0.39 is 0 Å². The summed E-state index contributed by atoms with van der Waals surface area (Å²) in [7, 11) is 0. The number of aromatic nitrogens is 4. The molecule has 3 heterocycles. The first kappa shape index (κ1) is 12.4. The highest BCUT2D eigenvalue weighted by atomic mass is 14.9. The molecule has 0 amide bonds. The highest BCUT2D eigenvalue weighted by Gasteiger charge is 2.06. The number of nitrogens with zero attached hydrogens (tertiary/aromatic N) is 4. The molecule has 0 saturated carbocycles. The first-order valence-corrected chi connectivity index (χ1v) is 6.42. The molecule has 0 N–H and O–H groups in total. The Kier molecular flexibility index (Phi) is 3.21. The maximum Gasteiger partial charge on any atom is 0.178 e. The van der Waals surface area contributed by atoms with Gasteiger partial charge in [-0.2, -0.15) is 0 Å². The van der Waals surface area contributed by atoms with Crippen molar-refractivity contribution in [2.75, 3.05) is 0 Å². The molecule has 0 unspecified atom stereocenters.